The van der Waals surface area contributed by atoms with Gasteiger partial charge in [-0.05, 0) is 32.0 Å². The molecule has 1 N–H and O–H groups in total. The average molecular weight is 367 g/mol. The van der Waals surface area contributed by atoms with Gasteiger partial charge in [-0.15, -0.1) is 0 Å². The van der Waals surface area contributed by atoms with Crippen molar-refractivity contribution in [2.45, 2.75) is 20.0 Å². The average Bonchev–Trinajstić information content (AvgIpc) is 3.11. The molecule has 3 rings (SSSR count). The third-order valence-electron chi connectivity index (χ3n) is 4.50. The highest BCUT2D eigenvalue weighted by Gasteiger charge is 2.24. The van der Waals surface area contributed by atoms with E-state index in [1.807, 2.05) is 31.2 Å². The Balaban J connectivity index is 1.82. The summed E-state index contributed by atoms with van der Waals surface area (Å²) in [7, 11) is 3.03. The van der Waals surface area contributed by atoms with Crippen molar-refractivity contribution in [3.05, 3.63) is 59.3 Å². The van der Waals surface area contributed by atoms with Crippen LogP contribution >= 0.6 is 0 Å². The minimum absolute atomic E-state index is 0.257. The Morgan fingerprint density at radius 3 is 2.30 bits per heavy atom. The van der Waals surface area contributed by atoms with Gasteiger partial charge in [0.05, 0.1) is 19.8 Å². The molecule has 6 nitrogen and oxygen atoms in total. The number of benzene rings is 2. The van der Waals surface area contributed by atoms with Gasteiger partial charge < -0.3 is 19.2 Å². The Hall–Kier alpha value is -3.28. The fraction of sp³-hybridized carbons (Fsp3) is 0.238. The van der Waals surface area contributed by atoms with Gasteiger partial charge in [-0.3, -0.25) is 4.79 Å². The molecule has 0 fully saturated rings. The van der Waals surface area contributed by atoms with E-state index in [-0.39, 0.29) is 11.3 Å². The number of ketones is 1. The van der Waals surface area contributed by atoms with E-state index in [2.05, 4.69) is 4.98 Å². The van der Waals surface area contributed by atoms with Crippen LogP contribution < -0.4 is 9.47 Å². The maximum atomic E-state index is 12.7. The second-order valence-corrected chi connectivity index (χ2v) is 6.17. The fourth-order valence-corrected chi connectivity index (χ4v) is 2.98. The minimum atomic E-state index is -0.935. The molecule has 0 spiro atoms. The Bertz CT molecular complexity index is 980. The van der Waals surface area contributed by atoms with Crippen LogP contribution in [0.1, 0.15) is 33.2 Å². The van der Waals surface area contributed by atoms with Crippen molar-refractivity contribution in [2.24, 2.45) is 0 Å². The number of carbonyl (C=O) groups excluding carboxylic acids is 2. The van der Waals surface area contributed by atoms with Gasteiger partial charge in [-0.1, -0.05) is 18.2 Å². The molecule has 0 radical (unpaired) electrons. The maximum absolute atomic E-state index is 12.7. The van der Waals surface area contributed by atoms with Crippen molar-refractivity contribution in [2.75, 3.05) is 14.2 Å². The second-order valence-electron chi connectivity index (χ2n) is 6.17. The van der Waals surface area contributed by atoms with E-state index in [0.717, 1.165) is 16.5 Å². The smallest absolute Gasteiger partial charge is 0.339 e. The van der Waals surface area contributed by atoms with Gasteiger partial charge in [0, 0.05) is 28.2 Å². The second kappa shape index (κ2) is 7.53. The minimum Gasteiger partial charge on any atom is -0.496 e. The molecule has 6 heteroatoms. The number of methoxy groups -OCH3 is 2. The lowest BCUT2D eigenvalue weighted by atomic mass is 10.1. The van der Waals surface area contributed by atoms with Gasteiger partial charge >= 0.3 is 5.97 Å². The van der Waals surface area contributed by atoms with Gasteiger partial charge in [0.1, 0.15) is 11.5 Å². The van der Waals surface area contributed by atoms with Crippen LogP contribution in [0.3, 0.4) is 0 Å². The quantitative estimate of drug-likeness (QED) is 0.528. The highest BCUT2D eigenvalue weighted by Crippen LogP contribution is 2.30. The Morgan fingerprint density at radius 2 is 1.67 bits per heavy atom. The molecule has 0 aliphatic heterocycles. The molecule has 0 aliphatic rings. The Kier molecular flexibility index (Phi) is 5.16. The van der Waals surface area contributed by atoms with Crippen molar-refractivity contribution >= 4 is 22.7 Å². The number of carbonyl (C=O) groups is 2. The topological polar surface area (TPSA) is 77.6 Å². The number of aromatic nitrogens is 1. The normalized spacial score (nSPS) is 11.9. The van der Waals surface area contributed by atoms with Crippen LogP contribution in [0.4, 0.5) is 0 Å². The molecular formula is C21H21NO5. The summed E-state index contributed by atoms with van der Waals surface area (Å²) in [6.07, 6.45) is 0.699. The predicted octanol–water partition coefficient (Wildman–Crippen LogP) is 3.92. The van der Waals surface area contributed by atoms with Gasteiger partial charge in [0.2, 0.25) is 5.78 Å². The number of para-hydroxylation sites is 1. The SMILES string of the molecule is COc1cc(C(=O)OC(C)C(=O)c2c[nH]c3ccccc23)cc(OC)c1C. The van der Waals surface area contributed by atoms with Crippen LogP contribution in [-0.2, 0) is 4.74 Å². The van der Waals surface area contributed by atoms with Crippen molar-refractivity contribution in [3.8, 4) is 11.5 Å². The molecule has 1 aromatic heterocycles. The van der Waals surface area contributed by atoms with Crippen molar-refractivity contribution in [1.29, 1.82) is 0 Å². The number of Topliss-reactive ketones (excluding diaryl/α,β-unsaturated/α-hetero) is 1. The fourth-order valence-electron chi connectivity index (χ4n) is 2.98. The molecule has 3 aromatic rings. The summed E-state index contributed by atoms with van der Waals surface area (Å²) < 4.78 is 16.0. The number of H-pyrrole nitrogens is 1. The summed E-state index contributed by atoms with van der Waals surface area (Å²) in [5, 5.41) is 0.795. The van der Waals surface area contributed by atoms with Gasteiger partial charge in [-0.2, -0.15) is 0 Å². The summed E-state index contributed by atoms with van der Waals surface area (Å²) in [4.78, 5) is 28.3. The molecule has 0 saturated heterocycles. The molecule has 0 aliphatic carbocycles. The van der Waals surface area contributed by atoms with E-state index in [9.17, 15) is 9.59 Å². The summed E-state index contributed by atoms with van der Waals surface area (Å²) in [5.41, 5.74) is 2.38. The van der Waals surface area contributed by atoms with Crippen molar-refractivity contribution < 1.29 is 23.8 Å². The van der Waals surface area contributed by atoms with Crippen LogP contribution in [0.25, 0.3) is 10.9 Å². The molecule has 0 saturated carbocycles. The zero-order chi connectivity index (χ0) is 19.6. The first-order chi connectivity index (χ1) is 13.0. The van der Waals surface area contributed by atoms with E-state index in [1.54, 1.807) is 25.3 Å². The Morgan fingerprint density at radius 1 is 1.04 bits per heavy atom. The van der Waals surface area contributed by atoms with Crippen LogP contribution in [0.2, 0.25) is 0 Å². The van der Waals surface area contributed by atoms with Crippen LogP contribution in [-0.4, -0.2) is 37.1 Å². The number of fused-ring (bicyclic) bond motifs is 1. The highest BCUT2D eigenvalue weighted by atomic mass is 16.5. The van der Waals surface area contributed by atoms with E-state index in [1.165, 1.54) is 14.2 Å². The number of nitrogens with one attached hydrogen (secondary N) is 1. The lowest BCUT2D eigenvalue weighted by molar-refractivity contribution is 0.0319. The van der Waals surface area contributed by atoms with E-state index < -0.39 is 12.1 Å². The Labute approximate surface area is 157 Å². The number of rotatable bonds is 6. The number of aromatic amines is 1. The maximum Gasteiger partial charge on any atom is 0.339 e. The summed E-state index contributed by atoms with van der Waals surface area (Å²) in [5.74, 6) is 0.132. The van der Waals surface area contributed by atoms with E-state index in [4.69, 9.17) is 14.2 Å². The molecule has 0 bridgehead atoms. The zero-order valence-corrected chi connectivity index (χ0v) is 15.7. The molecule has 140 valence electrons. The lowest BCUT2D eigenvalue weighted by Crippen LogP contribution is -2.24. The van der Waals surface area contributed by atoms with E-state index in [0.29, 0.717) is 17.1 Å². The third kappa shape index (κ3) is 3.51. The first-order valence-corrected chi connectivity index (χ1v) is 8.50. The monoisotopic (exact) mass is 367 g/mol. The molecule has 27 heavy (non-hydrogen) atoms. The van der Waals surface area contributed by atoms with Crippen molar-refractivity contribution in [3.63, 3.8) is 0 Å². The standard InChI is InChI=1S/C21H21NO5/c1-12-18(25-3)9-14(10-19(12)26-4)21(24)27-13(2)20(23)16-11-22-17-8-6-5-7-15(16)17/h5-11,13,22H,1-4H3. The summed E-state index contributed by atoms with van der Waals surface area (Å²) >= 11 is 0. The molecule has 1 heterocycles. The van der Waals surface area contributed by atoms with Gasteiger partial charge in [0.25, 0.3) is 0 Å². The molecule has 1 atom stereocenters. The third-order valence-corrected chi connectivity index (χ3v) is 4.50. The number of hydrogen-bond acceptors (Lipinski definition) is 5. The largest absolute Gasteiger partial charge is 0.496 e. The molecular weight excluding hydrogens is 346 g/mol. The van der Waals surface area contributed by atoms with Crippen molar-refractivity contribution in [1.82, 2.24) is 4.98 Å². The first-order valence-electron chi connectivity index (χ1n) is 8.50. The van der Waals surface area contributed by atoms with Gasteiger partial charge in [-0.25, -0.2) is 4.79 Å². The van der Waals surface area contributed by atoms with Crippen LogP contribution in [0.15, 0.2) is 42.6 Å². The molecule has 1 unspecified atom stereocenters. The predicted molar refractivity (Wildman–Crippen MR) is 102 cm³/mol. The summed E-state index contributed by atoms with van der Waals surface area (Å²) in [6.45, 7) is 3.39. The molecule has 2 aromatic carbocycles. The summed E-state index contributed by atoms with van der Waals surface area (Å²) in [6, 6.07) is 10.6. The lowest BCUT2D eigenvalue weighted by Gasteiger charge is -2.15. The number of esters is 1. The zero-order valence-electron chi connectivity index (χ0n) is 15.7. The van der Waals surface area contributed by atoms with E-state index >= 15 is 0 Å². The highest BCUT2D eigenvalue weighted by molar-refractivity contribution is 6.10. The molecule has 0 amide bonds. The number of hydrogen-bond donors (Lipinski definition) is 1. The van der Waals surface area contributed by atoms with Crippen LogP contribution in [0.5, 0.6) is 11.5 Å². The van der Waals surface area contributed by atoms with Gasteiger partial charge in [0.15, 0.2) is 6.10 Å². The first kappa shape index (κ1) is 18.5. The number of ether oxygens (including phenoxy) is 3. The van der Waals surface area contributed by atoms with Crippen LogP contribution in [0, 0.1) is 6.92 Å².